The van der Waals surface area contributed by atoms with E-state index in [0.717, 1.165) is 12.8 Å². The van der Waals surface area contributed by atoms with Crippen molar-refractivity contribution in [3.63, 3.8) is 0 Å². The number of hydrogen-bond acceptors (Lipinski definition) is 4. The average Bonchev–Trinajstić information content (AvgIpc) is 2.35. The highest BCUT2D eigenvalue weighted by atomic mass is 16.5. The summed E-state index contributed by atoms with van der Waals surface area (Å²) in [7, 11) is 1.74. The molecular weight excluding hydrogens is 232 g/mol. The van der Waals surface area contributed by atoms with Crippen LogP contribution in [0.1, 0.15) is 32.6 Å². The molecule has 3 N–H and O–H groups in total. The lowest BCUT2D eigenvalue weighted by Gasteiger charge is -2.36. The average molecular weight is 258 g/mol. The number of likely N-dealkylation sites (N-methyl/N-ethyl adjacent to an activating group) is 1. The molecule has 0 bridgehead atoms. The first kappa shape index (κ1) is 15.4. The molecule has 18 heavy (non-hydrogen) atoms. The third-order valence-electron chi connectivity index (χ3n) is 3.60. The van der Waals surface area contributed by atoms with Crippen LogP contribution in [-0.2, 0) is 9.53 Å². The summed E-state index contributed by atoms with van der Waals surface area (Å²) in [5.74, 6) is -0.0808. The molecule has 1 aliphatic rings. The molecule has 1 amide bonds. The molecule has 1 aliphatic heterocycles. The van der Waals surface area contributed by atoms with Crippen LogP contribution >= 0.6 is 0 Å². The number of carbonyl (C=O) groups excluding carboxylic acids is 1. The molecule has 1 saturated heterocycles. The Hall–Kier alpha value is -0.650. The molecule has 1 heterocycles. The Labute approximate surface area is 109 Å². The van der Waals surface area contributed by atoms with Gasteiger partial charge in [0.2, 0.25) is 5.91 Å². The molecule has 0 aromatic rings. The summed E-state index contributed by atoms with van der Waals surface area (Å²) in [6.07, 6.45) is 2.93. The second-order valence-corrected chi connectivity index (χ2v) is 5.25. The zero-order valence-corrected chi connectivity index (χ0v) is 11.5. The number of amides is 1. The molecule has 1 unspecified atom stereocenters. The van der Waals surface area contributed by atoms with E-state index < -0.39 is 5.60 Å². The number of ether oxygens (including phenoxy) is 1. The van der Waals surface area contributed by atoms with Gasteiger partial charge >= 0.3 is 0 Å². The van der Waals surface area contributed by atoms with Gasteiger partial charge in [0.1, 0.15) is 0 Å². The van der Waals surface area contributed by atoms with E-state index in [9.17, 15) is 9.90 Å². The van der Waals surface area contributed by atoms with E-state index in [4.69, 9.17) is 10.5 Å². The summed E-state index contributed by atoms with van der Waals surface area (Å²) in [5.41, 5.74) is 4.84. The molecule has 1 atom stereocenters. The van der Waals surface area contributed by atoms with Crippen molar-refractivity contribution >= 4 is 5.91 Å². The predicted molar refractivity (Wildman–Crippen MR) is 70.1 cm³/mol. The van der Waals surface area contributed by atoms with Crippen molar-refractivity contribution in [3.05, 3.63) is 0 Å². The van der Waals surface area contributed by atoms with Crippen LogP contribution in [0.25, 0.3) is 0 Å². The number of hydrogen-bond donors (Lipinski definition) is 2. The van der Waals surface area contributed by atoms with Crippen molar-refractivity contribution in [2.75, 3.05) is 33.4 Å². The molecule has 1 fully saturated rings. The van der Waals surface area contributed by atoms with Crippen LogP contribution in [0.2, 0.25) is 0 Å². The van der Waals surface area contributed by atoms with Crippen molar-refractivity contribution < 1.29 is 14.6 Å². The summed E-state index contributed by atoms with van der Waals surface area (Å²) < 4.78 is 5.23. The number of aliphatic hydroxyl groups is 1. The minimum absolute atomic E-state index is 0.0410. The summed E-state index contributed by atoms with van der Waals surface area (Å²) in [6.45, 7) is 3.91. The van der Waals surface area contributed by atoms with Gasteiger partial charge < -0.3 is 20.5 Å². The zero-order chi connectivity index (χ0) is 13.6. The van der Waals surface area contributed by atoms with Gasteiger partial charge in [-0.1, -0.05) is 13.3 Å². The van der Waals surface area contributed by atoms with Crippen molar-refractivity contribution in [1.82, 2.24) is 4.90 Å². The van der Waals surface area contributed by atoms with Gasteiger partial charge in [0, 0.05) is 46.2 Å². The maximum atomic E-state index is 12.2. The highest BCUT2D eigenvalue weighted by Crippen LogP contribution is 2.22. The summed E-state index contributed by atoms with van der Waals surface area (Å²) in [5, 5.41) is 10.4. The summed E-state index contributed by atoms with van der Waals surface area (Å²) in [6, 6.07) is 0. The molecule has 0 aliphatic carbocycles. The topological polar surface area (TPSA) is 75.8 Å². The fourth-order valence-corrected chi connectivity index (χ4v) is 2.43. The highest BCUT2D eigenvalue weighted by molar-refractivity contribution is 5.78. The quantitative estimate of drug-likeness (QED) is 0.721. The fraction of sp³-hybridized carbons (Fsp3) is 0.923. The molecule has 0 aromatic heterocycles. The van der Waals surface area contributed by atoms with Crippen LogP contribution in [-0.4, -0.2) is 54.9 Å². The zero-order valence-electron chi connectivity index (χ0n) is 11.5. The highest BCUT2D eigenvalue weighted by Gasteiger charge is 2.33. The van der Waals surface area contributed by atoms with E-state index in [1.807, 2.05) is 6.92 Å². The number of carbonyl (C=O) groups is 1. The van der Waals surface area contributed by atoms with Gasteiger partial charge in [-0.3, -0.25) is 4.79 Å². The van der Waals surface area contributed by atoms with Crippen LogP contribution < -0.4 is 5.73 Å². The molecule has 0 spiro atoms. The first-order valence-corrected chi connectivity index (χ1v) is 6.77. The maximum Gasteiger partial charge on any atom is 0.226 e. The van der Waals surface area contributed by atoms with Gasteiger partial charge in [0.15, 0.2) is 0 Å². The Kier molecular flexibility index (Phi) is 6.05. The molecule has 0 saturated carbocycles. The van der Waals surface area contributed by atoms with Crippen molar-refractivity contribution in [2.24, 2.45) is 11.7 Å². The van der Waals surface area contributed by atoms with Crippen LogP contribution in [0, 0.1) is 5.92 Å². The van der Waals surface area contributed by atoms with E-state index in [1.54, 1.807) is 11.9 Å². The minimum atomic E-state index is -0.798. The van der Waals surface area contributed by atoms with E-state index in [2.05, 4.69) is 0 Å². The second-order valence-electron chi connectivity index (χ2n) is 5.25. The van der Waals surface area contributed by atoms with Crippen molar-refractivity contribution in [3.8, 4) is 0 Å². The third kappa shape index (κ3) is 4.23. The van der Waals surface area contributed by atoms with Gasteiger partial charge in [-0.15, -0.1) is 0 Å². The number of nitrogens with zero attached hydrogens (tertiary/aromatic N) is 1. The SMILES string of the molecule is CCCC(CN)C(=O)N(C)CC1(O)CCOCC1. The Morgan fingerprint density at radius 3 is 2.61 bits per heavy atom. The van der Waals surface area contributed by atoms with E-state index in [1.165, 1.54) is 0 Å². The number of nitrogens with two attached hydrogens (primary N) is 1. The molecule has 1 rings (SSSR count). The summed E-state index contributed by atoms with van der Waals surface area (Å²) in [4.78, 5) is 13.8. The molecular formula is C13H26N2O3. The van der Waals surface area contributed by atoms with Crippen LogP contribution in [0.5, 0.6) is 0 Å². The normalized spacial score (nSPS) is 20.4. The van der Waals surface area contributed by atoms with Gasteiger partial charge in [0.25, 0.3) is 0 Å². The predicted octanol–water partition coefficient (Wildman–Crippen LogP) is 0.361. The van der Waals surface area contributed by atoms with Crippen molar-refractivity contribution in [1.29, 1.82) is 0 Å². The largest absolute Gasteiger partial charge is 0.388 e. The Bertz CT molecular complexity index is 265. The van der Waals surface area contributed by atoms with E-state index >= 15 is 0 Å². The molecule has 5 nitrogen and oxygen atoms in total. The Morgan fingerprint density at radius 2 is 2.11 bits per heavy atom. The molecule has 5 heteroatoms. The Morgan fingerprint density at radius 1 is 1.50 bits per heavy atom. The van der Waals surface area contributed by atoms with Crippen LogP contribution in [0.15, 0.2) is 0 Å². The maximum absolute atomic E-state index is 12.2. The monoisotopic (exact) mass is 258 g/mol. The minimum Gasteiger partial charge on any atom is -0.388 e. The van der Waals surface area contributed by atoms with E-state index in [0.29, 0.717) is 39.1 Å². The standard InChI is InChI=1S/C13H26N2O3/c1-3-4-11(9-14)12(16)15(2)10-13(17)5-7-18-8-6-13/h11,17H,3-10,14H2,1-2H3. The van der Waals surface area contributed by atoms with Crippen LogP contribution in [0.4, 0.5) is 0 Å². The van der Waals surface area contributed by atoms with Crippen LogP contribution in [0.3, 0.4) is 0 Å². The second kappa shape index (κ2) is 7.07. The van der Waals surface area contributed by atoms with Gasteiger partial charge in [-0.25, -0.2) is 0 Å². The smallest absolute Gasteiger partial charge is 0.226 e. The first-order valence-electron chi connectivity index (χ1n) is 6.77. The fourth-order valence-electron chi connectivity index (χ4n) is 2.43. The van der Waals surface area contributed by atoms with Gasteiger partial charge in [-0.2, -0.15) is 0 Å². The van der Waals surface area contributed by atoms with Crippen molar-refractivity contribution in [2.45, 2.75) is 38.2 Å². The third-order valence-corrected chi connectivity index (χ3v) is 3.60. The first-order chi connectivity index (χ1) is 8.52. The summed E-state index contributed by atoms with van der Waals surface area (Å²) >= 11 is 0. The van der Waals surface area contributed by atoms with Gasteiger partial charge in [-0.05, 0) is 6.42 Å². The molecule has 106 valence electrons. The Balaban J connectivity index is 2.52. The van der Waals surface area contributed by atoms with Gasteiger partial charge in [0.05, 0.1) is 11.5 Å². The van der Waals surface area contributed by atoms with E-state index in [-0.39, 0.29) is 11.8 Å². The number of rotatable bonds is 6. The lowest BCUT2D eigenvalue weighted by atomic mass is 9.93. The lowest BCUT2D eigenvalue weighted by Crippen LogP contribution is -2.49. The lowest BCUT2D eigenvalue weighted by molar-refractivity contribution is -0.140. The molecule has 0 radical (unpaired) electrons. The molecule has 0 aromatic carbocycles.